The van der Waals surface area contributed by atoms with E-state index in [2.05, 4.69) is 34.1 Å². The molecule has 0 radical (unpaired) electrons. The number of benzene rings is 3. The van der Waals surface area contributed by atoms with Crippen LogP contribution < -0.4 is 5.73 Å². The van der Waals surface area contributed by atoms with Gasteiger partial charge in [0.15, 0.2) is 0 Å². The average molecular weight is 492 g/mol. The molecule has 186 valence electrons. The summed E-state index contributed by atoms with van der Waals surface area (Å²) in [5.74, 6) is 0.332. The second kappa shape index (κ2) is 10.2. The molecule has 4 aromatic rings. The number of nitrogen functional groups attached to an aromatic ring is 1. The van der Waals surface area contributed by atoms with Crippen LogP contribution in [0.25, 0.3) is 16.8 Å². The Bertz CT molecular complexity index is 1290. The van der Waals surface area contributed by atoms with Crippen molar-refractivity contribution in [3.63, 3.8) is 0 Å². The van der Waals surface area contributed by atoms with Gasteiger partial charge in [-0.15, -0.1) is 0 Å². The summed E-state index contributed by atoms with van der Waals surface area (Å²) < 4.78 is 41.5. The first-order valence-corrected chi connectivity index (χ1v) is 12.0. The van der Waals surface area contributed by atoms with Crippen molar-refractivity contribution in [2.24, 2.45) is 0 Å². The monoisotopic (exact) mass is 491 g/mol. The van der Waals surface area contributed by atoms with Gasteiger partial charge in [-0.3, -0.25) is 9.80 Å². The van der Waals surface area contributed by atoms with Gasteiger partial charge in [0.25, 0.3) is 0 Å². The van der Waals surface area contributed by atoms with Crippen molar-refractivity contribution >= 4 is 5.82 Å². The van der Waals surface area contributed by atoms with Gasteiger partial charge < -0.3 is 5.73 Å². The van der Waals surface area contributed by atoms with Crippen molar-refractivity contribution in [1.29, 1.82) is 0 Å². The van der Waals surface area contributed by atoms with Gasteiger partial charge in [-0.2, -0.15) is 18.3 Å². The lowest BCUT2D eigenvalue weighted by Crippen LogP contribution is -2.45. The van der Waals surface area contributed by atoms with Gasteiger partial charge >= 0.3 is 6.18 Å². The minimum Gasteiger partial charge on any atom is -0.383 e. The molecule has 0 amide bonds. The molecule has 0 unspecified atom stereocenters. The van der Waals surface area contributed by atoms with Crippen LogP contribution in [0.4, 0.5) is 19.0 Å². The van der Waals surface area contributed by atoms with Gasteiger partial charge in [0.1, 0.15) is 5.82 Å². The molecule has 0 saturated carbocycles. The Labute approximate surface area is 208 Å². The highest BCUT2D eigenvalue weighted by molar-refractivity contribution is 5.77. The maximum Gasteiger partial charge on any atom is 0.416 e. The number of alkyl halides is 3. The molecule has 1 fully saturated rings. The van der Waals surface area contributed by atoms with E-state index in [4.69, 9.17) is 10.8 Å². The van der Waals surface area contributed by atoms with Gasteiger partial charge in [0.2, 0.25) is 0 Å². The van der Waals surface area contributed by atoms with Gasteiger partial charge in [-0.05, 0) is 29.3 Å². The Morgan fingerprint density at radius 1 is 0.750 bits per heavy atom. The number of nitrogens with zero attached hydrogens (tertiary/aromatic N) is 4. The summed E-state index contributed by atoms with van der Waals surface area (Å²) in [6, 6.07) is 25.2. The Morgan fingerprint density at radius 3 is 2.00 bits per heavy atom. The van der Waals surface area contributed by atoms with E-state index in [1.165, 1.54) is 16.3 Å². The van der Waals surface area contributed by atoms with Crippen LogP contribution in [-0.2, 0) is 19.3 Å². The SMILES string of the molecule is Nc1c(-c2ccccc2)c(CN2CCN(Cc3ccccc3)CC2)nn1-c1cccc(C(F)(F)F)c1. The van der Waals surface area contributed by atoms with E-state index in [9.17, 15) is 13.2 Å². The molecule has 5 nitrogen and oxygen atoms in total. The lowest BCUT2D eigenvalue weighted by atomic mass is 10.0. The van der Waals surface area contributed by atoms with Crippen LogP contribution in [0.1, 0.15) is 16.8 Å². The molecule has 0 aliphatic carbocycles. The lowest BCUT2D eigenvalue weighted by Gasteiger charge is -2.34. The van der Waals surface area contributed by atoms with Crippen LogP contribution in [0.15, 0.2) is 84.9 Å². The molecule has 5 rings (SSSR count). The Kier molecular flexibility index (Phi) is 6.80. The average Bonchev–Trinajstić information content (AvgIpc) is 3.21. The maximum absolute atomic E-state index is 13.3. The predicted molar refractivity (Wildman–Crippen MR) is 135 cm³/mol. The molecule has 2 N–H and O–H groups in total. The summed E-state index contributed by atoms with van der Waals surface area (Å²) in [4.78, 5) is 4.76. The molecule has 2 heterocycles. The molecule has 1 aliphatic rings. The highest BCUT2D eigenvalue weighted by Gasteiger charge is 2.31. The second-order valence-electron chi connectivity index (χ2n) is 9.07. The number of nitrogens with two attached hydrogens (primary N) is 1. The molecule has 0 bridgehead atoms. The van der Waals surface area contributed by atoms with Crippen molar-refractivity contribution in [1.82, 2.24) is 19.6 Å². The lowest BCUT2D eigenvalue weighted by molar-refractivity contribution is -0.137. The predicted octanol–water partition coefficient (Wildman–Crippen LogP) is 5.46. The molecular weight excluding hydrogens is 463 g/mol. The molecule has 0 spiro atoms. The second-order valence-corrected chi connectivity index (χ2v) is 9.07. The fourth-order valence-corrected chi connectivity index (χ4v) is 4.68. The zero-order valence-corrected chi connectivity index (χ0v) is 19.8. The minimum absolute atomic E-state index is 0.290. The quantitative estimate of drug-likeness (QED) is 0.389. The van der Waals surface area contributed by atoms with E-state index in [1.807, 2.05) is 36.4 Å². The number of halogens is 3. The first-order valence-electron chi connectivity index (χ1n) is 12.0. The third-order valence-electron chi connectivity index (χ3n) is 6.56. The molecule has 1 saturated heterocycles. The number of hydrogen-bond donors (Lipinski definition) is 1. The van der Waals surface area contributed by atoms with E-state index >= 15 is 0 Å². The van der Waals surface area contributed by atoms with Crippen LogP contribution in [-0.4, -0.2) is 45.8 Å². The largest absolute Gasteiger partial charge is 0.416 e. The summed E-state index contributed by atoms with van der Waals surface area (Å²) in [7, 11) is 0. The van der Waals surface area contributed by atoms with Crippen molar-refractivity contribution in [3.05, 3.63) is 102 Å². The smallest absolute Gasteiger partial charge is 0.383 e. The summed E-state index contributed by atoms with van der Waals surface area (Å²) in [5.41, 5.74) is 9.81. The number of aromatic nitrogens is 2. The zero-order valence-electron chi connectivity index (χ0n) is 19.8. The van der Waals surface area contributed by atoms with E-state index in [1.54, 1.807) is 6.07 Å². The third kappa shape index (κ3) is 5.29. The highest BCUT2D eigenvalue weighted by atomic mass is 19.4. The summed E-state index contributed by atoms with van der Waals surface area (Å²) in [5, 5.41) is 4.73. The number of hydrogen-bond acceptors (Lipinski definition) is 4. The van der Waals surface area contributed by atoms with Gasteiger partial charge in [0.05, 0.1) is 16.9 Å². The Balaban J connectivity index is 1.40. The molecule has 0 atom stereocenters. The van der Waals surface area contributed by atoms with E-state index < -0.39 is 11.7 Å². The third-order valence-corrected chi connectivity index (χ3v) is 6.56. The van der Waals surface area contributed by atoms with Gasteiger partial charge in [-0.1, -0.05) is 66.7 Å². The van der Waals surface area contributed by atoms with Crippen molar-refractivity contribution < 1.29 is 13.2 Å². The number of anilines is 1. The van der Waals surface area contributed by atoms with Gasteiger partial charge in [0, 0.05) is 44.8 Å². The van der Waals surface area contributed by atoms with Crippen LogP contribution in [0.3, 0.4) is 0 Å². The fourth-order valence-electron chi connectivity index (χ4n) is 4.68. The van der Waals surface area contributed by atoms with Crippen LogP contribution in [0.2, 0.25) is 0 Å². The molecule has 1 aliphatic heterocycles. The normalized spacial score (nSPS) is 15.3. The minimum atomic E-state index is -4.44. The van der Waals surface area contributed by atoms with Crippen molar-refractivity contribution in [3.8, 4) is 16.8 Å². The topological polar surface area (TPSA) is 50.3 Å². The standard InChI is InChI=1S/C28H28F3N5/c29-28(30,31)23-12-7-13-24(18-23)36-27(32)26(22-10-5-2-6-11-22)25(33-36)20-35-16-14-34(15-17-35)19-21-8-3-1-4-9-21/h1-13,18H,14-17,19-20,32H2. The molecular formula is C28H28F3N5. The zero-order chi connectivity index (χ0) is 25.1. The molecule has 1 aromatic heterocycles. The summed E-state index contributed by atoms with van der Waals surface area (Å²) in [6.45, 7) is 5.09. The van der Waals surface area contributed by atoms with Crippen molar-refractivity contribution in [2.45, 2.75) is 19.3 Å². The van der Waals surface area contributed by atoms with Crippen LogP contribution in [0.5, 0.6) is 0 Å². The Hall–Kier alpha value is -3.62. The summed E-state index contributed by atoms with van der Waals surface area (Å²) >= 11 is 0. The van der Waals surface area contributed by atoms with E-state index in [0.717, 1.165) is 61.7 Å². The van der Waals surface area contributed by atoms with Crippen LogP contribution in [0, 0.1) is 0 Å². The van der Waals surface area contributed by atoms with E-state index in [-0.39, 0.29) is 0 Å². The fraction of sp³-hybridized carbons (Fsp3) is 0.250. The first-order chi connectivity index (χ1) is 17.4. The molecule has 36 heavy (non-hydrogen) atoms. The van der Waals surface area contributed by atoms with Crippen molar-refractivity contribution in [2.75, 3.05) is 31.9 Å². The van der Waals surface area contributed by atoms with Gasteiger partial charge in [-0.25, -0.2) is 4.68 Å². The maximum atomic E-state index is 13.3. The molecule has 3 aromatic carbocycles. The number of piperazine rings is 1. The van der Waals surface area contributed by atoms with E-state index in [0.29, 0.717) is 18.1 Å². The Morgan fingerprint density at radius 2 is 1.36 bits per heavy atom. The first kappa shape index (κ1) is 24.1. The highest BCUT2D eigenvalue weighted by Crippen LogP contribution is 2.35. The summed E-state index contributed by atoms with van der Waals surface area (Å²) in [6.07, 6.45) is -4.44. The van der Waals surface area contributed by atoms with Crippen LogP contribution >= 0.6 is 0 Å². The number of rotatable bonds is 6. The molecule has 8 heteroatoms.